The minimum atomic E-state index is -0.329. The SMILES string of the molecule is Cc1cc(Br)cc(C(=O)NC[C@H](C)C[C@H](C)O)c1. The molecule has 0 aliphatic carbocycles. The van der Waals surface area contributed by atoms with Crippen LogP contribution >= 0.6 is 15.9 Å². The Labute approximate surface area is 117 Å². The highest BCUT2D eigenvalue weighted by molar-refractivity contribution is 9.10. The summed E-state index contributed by atoms with van der Waals surface area (Å²) in [7, 11) is 0. The van der Waals surface area contributed by atoms with Crippen LogP contribution in [0.1, 0.15) is 36.2 Å². The molecule has 18 heavy (non-hydrogen) atoms. The first-order valence-corrected chi connectivity index (χ1v) is 6.91. The maximum absolute atomic E-state index is 11.9. The fourth-order valence-electron chi connectivity index (χ4n) is 1.90. The summed E-state index contributed by atoms with van der Waals surface area (Å²) in [5.74, 6) is 0.194. The fourth-order valence-corrected chi connectivity index (χ4v) is 2.51. The topological polar surface area (TPSA) is 49.3 Å². The molecule has 2 N–H and O–H groups in total. The van der Waals surface area contributed by atoms with E-state index in [2.05, 4.69) is 21.2 Å². The van der Waals surface area contributed by atoms with Crippen LogP contribution in [0.3, 0.4) is 0 Å². The van der Waals surface area contributed by atoms with Crippen LogP contribution < -0.4 is 5.32 Å². The molecule has 0 radical (unpaired) electrons. The van der Waals surface area contributed by atoms with Crippen LogP contribution in [0.25, 0.3) is 0 Å². The Hall–Kier alpha value is -0.870. The molecule has 0 fully saturated rings. The van der Waals surface area contributed by atoms with Gasteiger partial charge in [-0.15, -0.1) is 0 Å². The predicted molar refractivity (Wildman–Crippen MR) is 76.7 cm³/mol. The van der Waals surface area contributed by atoms with Crippen LogP contribution in [0.15, 0.2) is 22.7 Å². The second kappa shape index (κ2) is 6.90. The summed E-state index contributed by atoms with van der Waals surface area (Å²) >= 11 is 3.38. The number of benzene rings is 1. The lowest BCUT2D eigenvalue weighted by molar-refractivity contribution is 0.0939. The Morgan fingerprint density at radius 2 is 2.06 bits per heavy atom. The van der Waals surface area contributed by atoms with Gasteiger partial charge in [0.25, 0.3) is 5.91 Å². The van der Waals surface area contributed by atoms with Gasteiger partial charge in [0.1, 0.15) is 0 Å². The van der Waals surface area contributed by atoms with Gasteiger partial charge in [0.2, 0.25) is 0 Å². The molecule has 0 unspecified atom stereocenters. The largest absolute Gasteiger partial charge is 0.393 e. The van der Waals surface area contributed by atoms with E-state index in [1.807, 2.05) is 32.0 Å². The van der Waals surface area contributed by atoms with Gasteiger partial charge in [0.05, 0.1) is 6.10 Å². The number of halogens is 1. The molecule has 3 nitrogen and oxygen atoms in total. The smallest absolute Gasteiger partial charge is 0.251 e. The number of hydrogen-bond donors (Lipinski definition) is 2. The van der Waals surface area contributed by atoms with Gasteiger partial charge in [0.15, 0.2) is 0 Å². The molecular formula is C14H20BrNO2. The second-order valence-corrected chi connectivity index (χ2v) is 5.83. The van der Waals surface area contributed by atoms with E-state index >= 15 is 0 Å². The lowest BCUT2D eigenvalue weighted by Gasteiger charge is -2.14. The summed E-state index contributed by atoms with van der Waals surface area (Å²) in [5.41, 5.74) is 1.71. The molecule has 1 aromatic carbocycles. The van der Waals surface area contributed by atoms with Crippen LogP contribution in [0, 0.1) is 12.8 Å². The molecule has 0 heterocycles. The minimum absolute atomic E-state index is 0.0724. The van der Waals surface area contributed by atoms with Crippen molar-refractivity contribution in [3.05, 3.63) is 33.8 Å². The van der Waals surface area contributed by atoms with Crippen molar-refractivity contribution in [2.24, 2.45) is 5.92 Å². The van der Waals surface area contributed by atoms with Crippen LogP contribution in [-0.2, 0) is 0 Å². The van der Waals surface area contributed by atoms with E-state index in [1.54, 1.807) is 6.92 Å². The summed E-state index contributed by atoms with van der Waals surface area (Å²) in [6.45, 7) is 6.31. The molecule has 0 saturated carbocycles. The van der Waals surface area contributed by atoms with Crippen molar-refractivity contribution in [1.82, 2.24) is 5.32 Å². The molecule has 0 aliphatic rings. The molecule has 0 aliphatic heterocycles. The number of hydrogen-bond acceptors (Lipinski definition) is 2. The fraction of sp³-hybridized carbons (Fsp3) is 0.500. The number of carbonyl (C=O) groups excluding carboxylic acids is 1. The highest BCUT2D eigenvalue weighted by Gasteiger charge is 2.10. The van der Waals surface area contributed by atoms with Crippen LogP contribution in [0.2, 0.25) is 0 Å². The Morgan fingerprint density at radius 1 is 1.39 bits per heavy atom. The Bertz CT molecular complexity index is 398. The Morgan fingerprint density at radius 3 is 2.61 bits per heavy atom. The summed E-state index contributed by atoms with van der Waals surface area (Å²) in [4.78, 5) is 11.9. The molecule has 0 saturated heterocycles. The van der Waals surface area contributed by atoms with E-state index < -0.39 is 0 Å². The third kappa shape index (κ3) is 5.19. The average Bonchev–Trinajstić information content (AvgIpc) is 2.23. The number of rotatable bonds is 5. The third-order valence-corrected chi connectivity index (χ3v) is 3.12. The maximum Gasteiger partial charge on any atom is 0.251 e. The van der Waals surface area contributed by atoms with Crippen LogP contribution in [-0.4, -0.2) is 23.7 Å². The van der Waals surface area contributed by atoms with E-state index in [9.17, 15) is 9.90 Å². The molecule has 4 heteroatoms. The van der Waals surface area contributed by atoms with Crippen LogP contribution in [0.5, 0.6) is 0 Å². The highest BCUT2D eigenvalue weighted by Crippen LogP contribution is 2.15. The van der Waals surface area contributed by atoms with E-state index in [4.69, 9.17) is 0 Å². The van der Waals surface area contributed by atoms with Gasteiger partial charge in [0, 0.05) is 16.6 Å². The molecule has 100 valence electrons. The third-order valence-electron chi connectivity index (χ3n) is 2.66. The van der Waals surface area contributed by atoms with Crippen molar-refractivity contribution in [2.45, 2.75) is 33.3 Å². The van der Waals surface area contributed by atoms with Crippen molar-refractivity contribution in [1.29, 1.82) is 0 Å². The van der Waals surface area contributed by atoms with Gasteiger partial charge in [-0.1, -0.05) is 22.9 Å². The van der Waals surface area contributed by atoms with Crippen molar-refractivity contribution in [3.8, 4) is 0 Å². The Balaban J connectivity index is 2.55. The molecule has 1 amide bonds. The molecule has 0 bridgehead atoms. The first-order chi connectivity index (χ1) is 8.38. The molecule has 2 atom stereocenters. The van der Waals surface area contributed by atoms with Gasteiger partial charge in [-0.05, 0) is 49.9 Å². The average molecular weight is 314 g/mol. The number of aliphatic hydroxyl groups is 1. The molecule has 0 spiro atoms. The van der Waals surface area contributed by atoms with Crippen LogP contribution in [0.4, 0.5) is 0 Å². The molecule has 1 aromatic rings. The number of aryl methyl sites for hydroxylation is 1. The molecule has 0 aromatic heterocycles. The maximum atomic E-state index is 11.9. The summed E-state index contributed by atoms with van der Waals surface area (Å²) < 4.78 is 0.907. The second-order valence-electron chi connectivity index (χ2n) is 4.92. The number of nitrogens with one attached hydrogen (secondary N) is 1. The van der Waals surface area contributed by atoms with Crippen molar-refractivity contribution >= 4 is 21.8 Å². The number of amides is 1. The van der Waals surface area contributed by atoms with E-state index in [-0.39, 0.29) is 17.9 Å². The monoisotopic (exact) mass is 313 g/mol. The zero-order chi connectivity index (χ0) is 13.7. The van der Waals surface area contributed by atoms with E-state index in [1.165, 1.54) is 0 Å². The number of carbonyl (C=O) groups is 1. The van der Waals surface area contributed by atoms with Gasteiger partial charge in [-0.3, -0.25) is 4.79 Å². The van der Waals surface area contributed by atoms with Gasteiger partial charge in [-0.25, -0.2) is 0 Å². The summed E-state index contributed by atoms with van der Waals surface area (Å²) in [5, 5.41) is 12.1. The number of aliphatic hydroxyl groups excluding tert-OH is 1. The van der Waals surface area contributed by atoms with Gasteiger partial charge >= 0.3 is 0 Å². The molecule has 1 rings (SSSR count). The van der Waals surface area contributed by atoms with E-state index in [0.29, 0.717) is 18.5 Å². The highest BCUT2D eigenvalue weighted by atomic mass is 79.9. The van der Waals surface area contributed by atoms with E-state index in [0.717, 1.165) is 10.0 Å². The first-order valence-electron chi connectivity index (χ1n) is 6.12. The first kappa shape index (κ1) is 15.2. The van der Waals surface area contributed by atoms with Crippen molar-refractivity contribution < 1.29 is 9.90 Å². The molecular weight excluding hydrogens is 294 g/mol. The Kier molecular flexibility index (Phi) is 5.82. The lowest BCUT2D eigenvalue weighted by Crippen LogP contribution is -2.29. The van der Waals surface area contributed by atoms with Crippen molar-refractivity contribution in [3.63, 3.8) is 0 Å². The summed E-state index contributed by atoms with van der Waals surface area (Å²) in [6.07, 6.45) is 0.364. The van der Waals surface area contributed by atoms with Gasteiger partial charge in [-0.2, -0.15) is 0 Å². The normalized spacial score (nSPS) is 14.1. The predicted octanol–water partition coefficient (Wildman–Crippen LogP) is 2.89. The zero-order valence-electron chi connectivity index (χ0n) is 11.0. The quantitative estimate of drug-likeness (QED) is 0.878. The lowest BCUT2D eigenvalue weighted by atomic mass is 10.0. The standard InChI is InChI=1S/C14H20BrNO2/c1-9-5-12(7-13(15)6-9)14(18)16-8-10(2)4-11(3)17/h5-7,10-11,17H,4,8H2,1-3H3,(H,16,18)/t10-,11+/m1/s1. The summed E-state index contributed by atoms with van der Waals surface area (Å²) in [6, 6.07) is 5.63. The minimum Gasteiger partial charge on any atom is -0.393 e. The van der Waals surface area contributed by atoms with Crippen molar-refractivity contribution in [2.75, 3.05) is 6.54 Å². The zero-order valence-corrected chi connectivity index (χ0v) is 12.6. The van der Waals surface area contributed by atoms with Gasteiger partial charge < -0.3 is 10.4 Å².